The fraction of sp³-hybridized carbons (Fsp3) is 0.240. The molecule has 3 aromatic carbocycles. The van der Waals surface area contributed by atoms with Gasteiger partial charge in [0, 0.05) is 17.0 Å². The van der Waals surface area contributed by atoms with Crippen LogP contribution >= 0.6 is 0 Å². The molecule has 1 amide bonds. The molecule has 3 aromatic rings. The Balaban J connectivity index is 2.08. The standard InChI is InChI=1S/C25H27NO2/c1-25(2,3)24(28)26-21-17-11-10-16-20(21)22(18-12-6-4-7-13-18)23(27)19-14-8-5-9-15-19/h4-17,22-23,27H,1-3H3,(H,26,28)/t22-,23?/m1/s1. The van der Waals surface area contributed by atoms with E-state index in [-0.39, 0.29) is 11.8 Å². The van der Waals surface area contributed by atoms with Gasteiger partial charge in [-0.3, -0.25) is 4.79 Å². The van der Waals surface area contributed by atoms with Crippen molar-refractivity contribution in [1.82, 2.24) is 0 Å². The number of nitrogens with one attached hydrogen (secondary N) is 1. The number of hydrogen-bond donors (Lipinski definition) is 2. The molecule has 0 heterocycles. The van der Waals surface area contributed by atoms with E-state index in [0.29, 0.717) is 0 Å². The van der Waals surface area contributed by atoms with Gasteiger partial charge in [0.05, 0.1) is 6.10 Å². The van der Waals surface area contributed by atoms with E-state index >= 15 is 0 Å². The molecule has 1 unspecified atom stereocenters. The maximum absolute atomic E-state index is 12.6. The molecule has 3 rings (SSSR count). The first kappa shape index (κ1) is 19.8. The molecule has 3 nitrogen and oxygen atoms in total. The molecule has 28 heavy (non-hydrogen) atoms. The maximum Gasteiger partial charge on any atom is 0.229 e. The maximum atomic E-state index is 12.6. The summed E-state index contributed by atoms with van der Waals surface area (Å²) in [4.78, 5) is 12.6. The second-order valence-electron chi connectivity index (χ2n) is 8.04. The fourth-order valence-corrected chi connectivity index (χ4v) is 3.23. The van der Waals surface area contributed by atoms with Crippen molar-refractivity contribution in [3.05, 3.63) is 102 Å². The molecule has 0 aliphatic carbocycles. The SMILES string of the molecule is CC(C)(C)C(=O)Nc1ccccc1[C@@H](c1ccccc1)C(O)c1ccccc1. The molecular formula is C25H27NO2. The molecule has 2 atom stereocenters. The first-order valence-corrected chi connectivity index (χ1v) is 9.56. The monoisotopic (exact) mass is 373 g/mol. The van der Waals surface area contributed by atoms with Crippen LogP contribution in [0.25, 0.3) is 0 Å². The van der Waals surface area contributed by atoms with Crippen molar-refractivity contribution in [3.8, 4) is 0 Å². The smallest absolute Gasteiger partial charge is 0.229 e. The van der Waals surface area contributed by atoms with Crippen LogP contribution in [0.2, 0.25) is 0 Å². The van der Waals surface area contributed by atoms with Gasteiger partial charge in [0.15, 0.2) is 0 Å². The highest BCUT2D eigenvalue weighted by Crippen LogP contribution is 2.40. The van der Waals surface area contributed by atoms with E-state index < -0.39 is 11.5 Å². The second-order valence-corrected chi connectivity index (χ2v) is 8.04. The third kappa shape index (κ3) is 4.49. The number of aliphatic hydroxyl groups is 1. The van der Waals surface area contributed by atoms with Crippen molar-refractivity contribution < 1.29 is 9.90 Å². The molecule has 144 valence electrons. The minimum atomic E-state index is -0.740. The Morgan fingerprint density at radius 1 is 0.786 bits per heavy atom. The molecule has 0 spiro atoms. The van der Waals surface area contributed by atoms with Crippen LogP contribution in [0.1, 0.15) is 49.5 Å². The van der Waals surface area contributed by atoms with E-state index in [4.69, 9.17) is 0 Å². The lowest BCUT2D eigenvalue weighted by Crippen LogP contribution is -2.28. The Bertz CT molecular complexity index is 914. The minimum Gasteiger partial charge on any atom is -0.387 e. The van der Waals surface area contributed by atoms with Gasteiger partial charge in [-0.05, 0) is 22.8 Å². The summed E-state index contributed by atoms with van der Waals surface area (Å²) < 4.78 is 0. The molecule has 0 aliphatic rings. The average molecular weight is 373 g/mol. The number of rotatable bonds is 5. The van der Waals surface area contributed by atoms with E-state index in [0.717, 1.165) is 22.4 Å². The first-order chi connectivity index (χ1) is 13.4. The van der Waals surface area contributed by atoms with Crippen LogP contribution in [0, 0.1) is 5.41 Å². The summed E-state index contributed by atoms with van der Waals surface area (Å²) in [5.41, 5.74) is 2.95. The van der Waals surface area contributed by atoms with Crippen molar-refractivity contribution >= 4 is 11.6 Å². The summed E-state index contributed by atoms with van der Waals surface area (Å²) in [6, 6.07) is 27.3. The summed E-state index contributed by atoms with van der Waals surface area (Å²) >= 11 is 0. The molecule has 2 N–H and O–H groups in total. The van der Waals surface area contributed by atoms with Gasteiger partial charge in [-0.2, -0.15) is 0 Å². The molecule has 0 aliphatic heterocycles. The van der Waals surface area contributed by atoms with Crippen LogP contribution in [0.5, 0.6) is 0 Å². The van der Waals surface area contributed by atoms with E-state index in [1.165, 1.54) is 0 Å². The number of carbonyl (C=O) groups is 1. The second kappa shape index (κ2) is 8.41. The number of aliphatic hydroxyl groups excluding tert-OH is 1. The van der Waals surface area contributed by atoms with Gasteiger partial charge in [0.2, 0.25) is 5.91 Å². The Hall–Kier alpha value is -2.91. The molecular weight excluding hydrogens is 346 g/mol. The van der Waals surface area contributed by atoms with Crippen LogP contribution in [0.3, 0.4) is 0 Å². The van der Waals surface area contributed by atoms with Crippen LogP contribution in [0.15, 0.2) is 84.9 Å². The summed E-state index contributed by atoms with van der Waals surface area (Å²) in [5, 5.41) is 14.3. The number of para-hydroxylation sites is 1. The van der Waals surface area contributed by atoms with E-state index in [2.05, 4.69) is 5.32 Å². The largest absolute Gasteiger partial charge is 0.387 e. The highest BCUT2D eigenvalue weighted by Gasteiger charge is 2.28. The molecule has 0 saturated carbocycles. The van der Waals surface area contributed by atoms with E-state index in [9.17, 15) is 9.90 Å². The molecule has 0 bridgehead atoms. The summed E-state index contributed by atoms with van der Waals surface area (Å²) in [7, 11) is 0. The Morgan fingerprint density at radius 3 is 1.86 bits per heavy atom. The van der Waals surface area contributed by atoms with Gasteiger partial charge in [0.25, 0.3) is 0 Å². The normalized spacial score (nSPS) is 13.6. The third-order valence-electron chi connectivity index (χ3n) is 4.84. The topological polar surface area (TPSA) is 49.3 Å². The van der Waals surface area contributed by atoms with Gasteiger partial charge in [-0.15, -0.1) is 0 Å². The van der Waals surface area contributed by atoms with Crippen LogP contribution in [-0.4, -0.2) is 11.0 Å². The predicted octanol–water partition coefficient (Wildman–Crippen LogP) is 5.54. The summed E-state index contributed by atoms with van der Waals surface area (Å²) in [6.07, 6.45) is -0.740. The van der Waals surface area contributed by atoms with Crippen LogP contribution in [-0.2, 0) is 4.79 Å². The van der Waals surface area contributed by atoms with E-state index in [1.54, 1.807) is 0 Å². The van der Waals surface area contributed by atoms with Crippen LogP contribution < -0.4 is 5.32 Å². The van der Waals surface area contributed by atoms with Crippen LogP contribution in [0.4, 0.5) is 5.69 Å². The lowest BCUT2D eigenvalue weighted by molar-refractivity contribution is -0.123. The molecule has 0 fully saturated rings. The van der Waals surface area contributed by atoms with Crippen molar-refractivity contribution in [1.29, 1.82) is 0 Å². The van der Waals surface area contributed by atoms with E-state index in [1.807, 2.05) is 106 Å². The summed E-state index contributed by atoms with van der Waals surface area (Å²) in [5.74, 6) is -0.360. The zero-order valence-electron chi connectivity index (χ0n) is 16.6. The molecule has 0 radical (unpaired) electrons. The van der Waals surface area contributed by atoms with Gasteiger partial charge >= 0.3 is 0 Å². The molecule has 0 saturated heterocycles. The lowest BCUT2D eigenvalue weighted by Gasteiger charge is -2.27. The van der Waals surface area contributed by atoms with Gasteiger partial charge in [-0.25, -0.2) is 0 Å². The Labute approximate surface area is 167 Å². The Kier molecular flexibility index (Phi) is 5.96. The van der Waals surface area contributed by atoms with Gasteiger partial charge in [-0.1, -0.05) is 99.6 Å². The zero-order chi connectivity index (χ0) is 20.1. The van der Waals surface area contributed by atoms with Crippen molar-refractivity contribution in [2.24, 2.45) is 5.41 Å². The van der Waals surface area contributed by atoms with Gasteiger partial charge < -0.3 is 10.4 Å². The average Bonchev–Trinajstić information content (AvgIpc) is 2.70. The van der Waals surface area contributed by atoms with Gasteiger partial charge in [0.1, 0.15) is 0 Å². The Morgan fingerprint density at radius 2 is 1.29 bits per heavy atom. The minimum absolute atomic E-state index is 0.0547. The molecule has 3 heteroatoms. The predicted molar refractivity (Wildman–Crippen MR) is 114 cm³/mol. The van der Waals surface area contributed by atoms with Crippen molar-refractivity contribution in [2.75, 3.05) is 5.32 Å². The highest BCUT2D eigenvalue weighted by molar-refractivity contribution is 5.95. The summed E-state index contributed by atoms with van der Waals surface area (Å²) in [6.45, 7) is 5.66. The highest BCUT2D eigenvalue weighted by atomic mass is 16.3. The quantitative estimate of drug-likeness (QED) is 0.617. The number of carbonyl (C=O) groups excluding carboxylic acids is 1. The molecule has 0 aromatic heterocycles. The number of hydrogen-bond acceptors (Lipinski definition) is 2. The number of anilines is 1. The van der Waals surface area contributed by atoms with Crippen molar-refractivity contribution in [3.63, 3.8) is 0 Å². The lowest BCUT2D eigenvalue weighted by atomic mass is 9.82. The number of amides is 1. The zero-order valence-corrected chi connectivity index (χ0v) is 16.6. The fourth-order valence-electron chi connectivity index (χ4n) is 3.23. The van der Waals surface area contributed by atoms with Crippen molar-refractivity contribution in [2.45, 2.75) is 32.8 Å². The first-order valence-electron chi connectivity index (χ1n) is 9.56. The third-order valence-corrected chi connectivity index (χ3v) is 4.84. The number of benzene rings is 3.